The summed E-state index contributed by atoms with van der Waals surface area (Å²) in [4.78, 5) is 9.06. The predicted octanol–water partition coefficient (Wildman–Crippen LogP) is 6.41. The van der Waals surface area contributed by atoms with Gasteiger partial charge in [0, 0.05) is 16.7 Å². The molecule has 0 radical (unpaired) electrons. The number of benzene rings is 4. The molecule has 0 amide bonds. The summed E-state index contributed by atoms with van der Waals surface area (Å²) in [6.07, 6.45) is 3.05. The van der Waals surface area contributed by atoms with Gasteiger partial charge in [-0.05, 0) is 23.3 Å². The lowest BCUT2D eigenvalue weighted by Crippen LogP contribution is -2.04. The van der Waals surface area contributed by atoms with Crippen LogP contribution in [0, 0.1) is 0 Å². The Hall–Kier alpha value is -4.51. The first-order valence-corrected chi connectivity index (χ1v) is 10.4. The molecule has 0 aliphatic rings. The molecule has 0 N–H and O–H groups in total. The number of rotatable bonds is 4. The van der Waals surface area contributed by atoms with Crippen molar-refractivity contribution in [2.24, 2.45) is 0 Å². The van der Waals surface area contributed by atoms with Crippen LogP contribution >= 0.6 is 0 Å². The minimum atomic E-state index is 0.713. The van der Waals surface area contributed by atoms with Gasteiger partial charge in [-0.2, -0.15) is 5.10 Å². The van der Waals surface area contributed by atoms with Gasteiger partial charge >= 0.3 is 0 Å². The second-order valence-corrected chi connectivity index (χ2v) is 7.43. The van der Waals surface area contributed by atoms with E-state index in [0.717, 1.165) is 44.6 Å². The smallest absolute Gasteiger partial charge is 0.182 e. The van der Waals surface area contributed by atoms with Crippen LogP contribution < -0.4 is 0 Å². The fraction of sp³-hybridized carbons (Fsp3) is 0. The van der Waals surface area contributed by atoms with E-state index in [9.17, 15) is 0 Å². The second kappa shape index (κ2) is 7.63. The molecular formula is C27H18N4O. The summed E-state index contributed by atoms with van der Waals surface area (Å²) in [6, 6.07) is 32.9. The number of hydrogen-bond acceptors (Lipinski definition) is 4. The van der Waals surface area contributed by atoms with Crippen molar-refractivity contribution in [2.45, 2.75) is 0 Å². The van der Waals surface area contributed by atoms with Gasteiger partial charge in [0.05, 0.1) is 5.69 Å². The molecule has 6 rings (SSSR count). The summed E-state index contributed by atoms with van der Waals surface area (Å²) in [5.74, 6) is 0.713. The molecule has 152 valence electrons. The molecule has 0 atom stereocenters. The van der Waals surface area contributed by atoms with E-state index in [4.69, 9.17) is 4.42 Å². The Morgan fingerprint density at radius 1 is 0.594 bits per heavy atom. The van der Waals surface area contributed by atoms with E-state index in [1.54, 1.807) is 6.33 Å². The molecule has 0 bridgehead atoms. The van der Waals surface area contributed by atoms with E-state index in [1.165, 1.54) is 6.39 Å². The van der Waals surface area contributed by atoms with Crippen LogP contribution in [0.1, 0.15) is 0 Å². The lowest BCUT2D eigenvalue weighted by Gasteiger charge is -2.17. The largest absolute Gasteiger partial charge is 0.443 e. The van der Waals surface area contributed by atoms with Crippen molar-refractivity contribution in [2.75, 3.05) is 0 Å². The van der Waals surface area contributed by atoms with Gasteiger partial charge in [0.25, 0.3) is 0 Å². The number of nitrogens with zero attached hydrogens (tertiary/aromatic N) is 4. The molecule has 0 aliphatic heterocycles. The maximum atomic E-state index is 5.52. The molecule has 0 spiro atoms. The molecule has 0 fully saturated rings. The number of hydrogen-bond donors (Lipinski definition) is 0. The van der Waals surface area contributed by atoms with Gasteiger partial charge in [-0.1, -0.05) is 84.9 Å². The van der Waals surface area contributed by atoms with E-state index in [0.29, 0.717) is 5.82 Å². The molecule has 2 heterocycles. The summed E-state index contributed by atoms with van der Waals surface area (Å²) in [7, 11) is 0. The molecule has 5 nitrogen and oxygen atoms in total. The quantitative estimate of drug-likeness (QED) is 0.334. The monoisotopic (exact) mass is 414 g/mol. The molecule has 0 saturated heterocycles. The van der Waals surface area contributed by atoms with E-state index >= 15 is 0 Å². The van der Waals surface area contributed by atoms with Gasteiger partial charge in [-0.3, -0.25) is 0 Å². The molecule has 0 unspecified atom stereocenters. The topological polar surface area (TPSA) is 56.7 Å². The highest BCUT2D eigenvalue weighted by molar-refractivity contribution is 5.91. The molecule has 2 aromatic heterocycles. The van der Waals surface area contributed by atoms with Crippen molar-refractivity contribution >= 4 is 11.1 Å². The zero-order valence-electron chi connectivity index (χ0n) is 17.1. The van der Waals surface area contributed by atoms with Crippen molar-refractivity contribution in [3.8, 4) is 39.3 Å². The maximum absolute atomic E-state index is 5.52. The molecule has 4 aromatic carbocycles. The summed E-state index contributed by atoms with van der Waals surface area (Å²) >= 11 is 0. The lowest BCUT2D eigenvalue weighted by atomic mass is 9.95. The minimum Gasteiger partial charge on any atom is -0.443 e. The van der Waals surface area contributed by atoms with E-state index in [-0.39, 0.29) is 0 Å². The number of fused-ring (bicyclic) bond motifs is 1. The minimum absolute atomic E-state index is 0.713. The van der Waals surface area contributed by atoms with Crippen LogP contribution in [-0.4, -0.2) is 19.7 Å². The van der Waals surface area contributed by atoms with Crippen LogP contribution in [0.15, 0.2) is 114 Å². The Kier molecular flexibility index (Phi) is 4.36. The third-order valence-electron chi connectivity index (χ3n) is 5.57. The average Bonchev–Trinajstić information content (AvgIpc) is 3.54. The van der Waals surface area contributed by atoms with Crippen LogP contribution in [0.25, 0.3) is 50.4 Å². The van der Waals surface area contributed by atoms with Crippen molar-refractivity contribution in [3.63, 3.8) is 0 Å². The Labute approximate surface area is 184 Å². The third-order valence-corrected chi connectivity index (χ3v) is 5.57. The summed E-state index contributed by atoms with van der Waals surface area (Å²) in [6.45, 7) is 0. The molecular weight excluding hydrogens is 396 g/mol. The highest BCUT2D eigenvalue weighted by atomic mass is 16.3. The second-order valence-electron chi connectivity index (χ2n) is 7.43. The van der Waals surface area contributed by atoms with Crippen LogP contribution in [0.4, 0.5) is 0 Å². The van der Waals surface area contributed by atoms with E-state index < -0.39 is 0 Å². The molecule has 0 aliphatic carbocycles. The van der Waals surface area contributed by atoms with Gasteiger partial charge in [-0.15, -0.1) is 0 Å². The summed E-state index contributed by atoms with van der Waals surface area (Å²) < 4.78 is 7.43. The van der Waals surface area contributed by atoms with Crippen LogP contribution in [0.2, 0.25) is 0 Å². The van der Waals surface area contributed by atoms with Crippen LogP contribution in [0.5, 0.6) is 0 Å². The van der Waals surface area contributed by atoms with E-state index in [2.05, 4.69) is 57.5 Å². The average molecular weight is 414 g/mol. The fourth-order valence-electron chi connectivity index (χ4n) is 4.13. The predicted molar refractivity (Wildman–Crippen MR) is 125 cm³/mol. The fourth-order valence-corrected chi connectivity index (χ4v) is 4.13. The first-order chi connectivity index (χ1) is 15.9. The SMILES string of the molecule is c1ccc(-c2cccc(-c3ccccc3)c2-n2ncnc2-c2cccc3ocnc23)cc1. The Morgan fingerprint density at radius 3 is 1.91 bits per heavy atom. The van der Waals surface area contributed by atoms with Gasteiger partial charge < -0.3 is 4.42 Å². The Morgan fingerprint density at radius 2 is 1.22 bits per heavy atom. The number of oxazole rings is 1. The van der Waals surface area contributed by atoms with Crippen molar-refractivity contribution in [3.05, 3.63) is 110 Å². The lowest BCUT2D eigenvalue weighted by molar-refractivity contribution is 0.602. The van der Waals surface area contributed by atoms with Gasteiger partial charge in [-0.25, -0.2) is 14.6 Å². The van der Waals surface area contributed by atoms with Gasteiger partial charge in [0.2, 0.25) is 0 Å². The third kappa shape index (κ3) is 2.99. The first-order valence-electron chi connectivity index (χ1n) is 10.4. The highest BCUT2D eigenvalue weighted by Crippen LogP contribution is 2.37. The van der Waals surface area contributed by atoms with Gasteiger partial charge in [0.15, 0.2) is 17.8 Å². The zero-order valence-corrected chi connectivity index (χ0v) is 17.1. The van der Waals surface area contributed by atoms with E-state index in [1.807, 2.05) is 59.3 Å². The normalized spacial score (nSPS) is 11.1. The number of aromatic nitrogens is 4. The summed E-state index contributed by atoms with van der Waals surface area (Å²) in [5.41, 5.74) is 7.70. The maximum Gasteiger partial charge on any atom is 0.182 e. The molecule has 6 aromatic rings. The summed E-state index contributed by atoms with van der Waals surface area (Å²) in [5, 5.41) is 4.67. The standard InChI is InChI=1S/C27H18N4O/c1-3-9-19(10-4-1)21-13-7-14-22(20-11-5-2-6-12-20)26(21)31-27(28-17-30-31)23-15-8-16-24-25(23)29-18-32-24/h1-18H. The highest BCUT2D eigenvalue weighted by Gasteiger charge is 2.20. The van der Waals surface area contributed by atoms with Crippen molar-refractivity contribution in [1.29, 1.82) is 0 Å². The molecule has 5 heteroatoms. The van der Waals surface area contributed by atoms with Crippen molar-refractivity contribution < 1.29 is 4.42 Å². The van der Waals surface area contributed by atoms with Crippen LogP contribution in [-0.2, 0) is 0 Å². The molecule has 32 heavy (non-hydrogen) atoms. The van der Waals surface area contributed by atoms with Crippen LogP contribution in [0.3, 0.4) is 0 Å². The molecule has 0 saturated carbocycles. The first kappa shape index (κ1) is 18.3. The number of para-hydroxylation sites is 2. The van der Waals surface area contributed by atoms with Crippen molar-refractivity contribution in [1.82, 2.24) is 19.7 Å². The van der Waals surface area contributed by atoms with Gasteiger partial charge in [0.1, 0.15) is 11.8 Å². The Balaban J connectivity index is 1.67. The Bertz CT molecular complexity index is 1460. The zero-order chi connectivity index (χ0) is 21.3.